The Labute approximate surface area is 736 Å². The number of piperazine rings is 4. The molecular formula is C98H116N18O7S. The predicted molar refractivity (Wildman–Crippen MR) is 501 cm³/mol. The Bertz CT molecular complexity index is 5460. The van der Waals surface area contributed by atoms with Gasteiger partial charge in [0.2, 0.25) is 11.1 Å². The summed E-state index contributed by atoms with van der Waals surface area (Å²) in [6, 6.07) is 37.0. The molecule has 2 amide bonds. The number of ether oxygens (including phenoxy) is 1. The van der Waals surface area contributed by atoms with Crippen molar-refractivity contribution < 1.29 is 32.9 Å². The van der Waals surface area contributed by atoms with Crippen LogP contribution >= 0.6 is 0 Å². The first-order valence-corrected chi connectivity index (χ1v) is 42.3. The smallest absolute Gasteiger partial charge is 0.254 e. The molecule has 17 rings (SSSR count). The van der Waals surface area contributed by atoms with Gasteiger partial charge in [-0.3, -0.25) is 33.1 Å². The number of nitrogens with one attached hydrogen (secondary N) is 3. The number of carbonyl (C=O) groups excluding carboxylic acids is 5. The number of nitrogen functional groups attached to an aromatic ring is 1. The summed E-state index contributed by atoms with van der Waals surface area (Å²) in [5, 5.41) is 9.74. The quantitative estimate of drug-likeness (QED) is 0.0398. The number of nitrogens with zero attached hydrogens (tertiary/aromatic N) is 12. The number of ketones is 3. The van der Waals surface area contributed by atoms with Gasteiger partial charge in [0.25, 0.3) is 11.8 Å². The Morgan fingerprint density at radius 3 is 1.43 bits per heavy atom. The van der Waals surface area contributed by atoms with Crippen molar-refractivity contribution in [2.75, 3.05) is 154 Å². The molecule has 2 saturated carbocycles. The molecule has 5 aromatic carbocycles. The van der Waals surface area contributed by atoms with Crippen LogP contribution in [0, 0.1) is 109 Å². The molecule has 2 aliphatic carbocycles. The molecule has 8 aliphatic heterocycles. The van der Waals surface area contributed by atoms with E-state index < -0.39 is 22.6 Å². The molecule has 4 saturated heterocycles. The minimum Gasteiger partial charge on any atom is -0.489 e. The molecule has 6 fully saturated rings. The van der Waals surface area contributed by atoms with Crippen molar-refractivity contribution in [3.05, 3.63) is 160 Å². The molecule has 0 spiro atoms. The van der Waals surface area contributed by atoms with Gasteiger partial charge < -0.3 is 72.2 Å². The van der Waals surface area contributed by atoms with Crippen molar-refractivity contribution in [2.24, 2.45) is 11.5 Å². The van der Waals surface area contributed by atoms with E-state index in [2.05, 4.69) is 253 Å². The number of primary amides is 2. The maximum absolute atomic E-state index is 12.5. The standard InChI is InChI=1S/C20H25N7O2.C20H22N2O.C17H4.C14H18N2O.C13H17N3O.C9H12N4O2S.C2H6.3CH4/c1-26-6-7-27-14(10-26)11-29-17-8-13(4-5-16(17)27)24-20-22-9-15(18(21)28)19(25-20)23-12-2-3-12;1-15-7-8-19-18(11-15)20(23)12-17-14-21(9-10-22(17)19)13-16-5-3-2-4-6-16;1-3-5-7-9-11-13-15-17-16-14-12-10-8-6-4-2;1-10-3-4-13-12(7-10)14(17)8-11-9-15(2)5-6-16(11)13;1-15-4-5-16-10(8-15)7-13(17)11-6-9(14)2-3-12(11)16;1-16(15)9-11-4-6(7(10)14)8(13-9)12-5-2-3-5;1-2;;;/h4-5,8-9,12,14H,2-3,6-7,10-11H2,1H3,(H2,21,28)(H2,22,23,24,25);2-8,11,17H,9-10,12-14H2,1H3;1H,2H3;3-4,7,11H,5-6,8-9H2,1-2H3;2-3,6,10H,4-5,7-8,14H2,1H3;4-5H,2-3H2,1H3,(H2,10,14)(H,11,12,13);1-2H3;3*1H4. The number of hydrogen-bond donors (Lipinski definition) is 6. The van der Waals surface area contributed by atoms with Crippen molar-refractivity contribution >= 4 is 91.7 Å². The minimum atomic E-state index is -1.27. The number of benzene rings is 5. The van der Waals surface area contributed by atoms with E-state index >= 15 is 0 Å². The first-order chi connectivity index (χ1) is 58.6. The van der Waals surface area contributed by atoms with Crippen LogP contribution in [0.2, 0.25) is 0 Å². The van der Waals surface area contributed by atoms with Crippen LogP contribution in [0.5, 0.6) is 5.75 Å². The fourth-order valence-corrected chi connectivity index (χ4v) is 15.6. The zero-order valence-electron chi connectivity index (χ0n) is 70.2. The molecule has 26 heteroatoms. The fraction of sp³-hybridized carbons (Fsp3) is 0.398. The highest BCUT2D eigenvalue weighted by molar-refractivity contribution is 7.84. The number of carbonyl (C=O) groups is 5. The number of likely N-dealkylation sites (N-methyl/N-ethyl adjacent to an activating group) is 3. The van der Waals surface area contributed by atoms with Crippen molar-refractivity contribution in [3.8, 4) is 101 Å². The molecule has 7 aromatic rings. The normalized spacial score (nSPS) is 18.2. The van der Waals surface area contributed by atoms with Gasteiger partial charge in [-0.2, -0.15) is 4.98 Å². The second-order valence-electron chi connectivity index (χ2n) is 30.6. The van der Waals surface area contributed by atoms with E-state index in [0.717, 1.165) is 162 Å². The van der Waals surface area contributed by atoms with Gasteiger partial charge >= 0.3 is 0 Å². The average molecular weight is 1690 g/mol. The third-order valence-corrected chi connectivity index (χ3v) is 22.1. The van der Waals surface area contributed by atoms with E-state index in [-0.39, 0.29) is 38.8 Å². The first-order valence-electron chi connectivity index (χ1n) is 40.8. The van der Waals surface area contributed by atoms with Gasteiger partial charge in [0.1, 0.15) is 24.0 Å². The molecule has 0 bridgehead atoms. The summed E-state index contributed by atoms with van der Waals surface area (Å²) in [6.45, 7) is 23.6. The molecule has 5 atom stereocenters. The number of Topliss-reactive ketones (excluding diaryl/α,β-unsaturated/α-hetero) is 3. The highest BCUT2D eigenvalue weighted by atomic mass is 32.2. The maximum Gasteiger partial charge on any atom is 0.254 e. The summed E-state index contributed by atoms with van der Waals surface area (Å²) in [5.74, 6) is 38.8. The fourth-order valence-electron chi connectivity index (χ4n) is 15.2. The Morgan fingerprint density at radius 1 is 0.524 bits per heavy atom. The molecule has 124 heavy (non-hydrogen) atoms. The van der Waals surface area contributed by atoms with Gasteiger partial charge in [-0.1, -0.05) is 95.6 Å². The van der Waals surface area contributed by atoms with Crippen LogP contribution < -0.4 is 57.5 Å². The zero-order chi connectivity index (χ0) is 86.1. The minimum absolute atomic E-state index is 0. The lowest BCUT2D eigenvalue weighted by atomic mass is 9.91. The van der Waals surface area contributed by atoms with Gasteiger partial charge in [0, 0.05) is 204 Å². The summed E-state index contributed by atoms with van der Waals surface area (Å²) in [7, 11) is 5.12. The predicted octanol–water partition coefficient (Wildman–Crippen LogP) is 10.8. The van der Waals surface area contributed by atoms with Crippen molar-refractivity contribution in [2.45, 2.75) is 150 Å². The molecule has 0 radical (unpaired) electrons. The summed E-state index contributed by atoms with van der Waals surface area (Å²) in [6.07, 6.45) is 15.3. The van der Waals surface area contributed by atoms with E-state index in [1.165, 1.54) is 35.3 Å². The number of terminal acetylenes is 1. The zero-order valence-corrected chi connectivity index (χ0v) is 71.0. The Morgan fingerprint density at radius 2 is 0.952 bits per heavy atom. The van der Waals surface area contributed by atoms with E-state index in [9.17, 15) is 28.2 Å². The molecule has 2 aromatic heterocycles. The number of fused-ring (bicyclic) bond motifs is 12. The average Bonchev–Trinajstić information content (AvgIpc) is 0.978. The highest BCUT2D eigenvalue weighted by Gasteiger charge is 2.39. The molecule has 10 heterocycles. The molecular weight excluding hydrogens is 1570 g/mol. The van der Waals surface area contributed by atoms with Crippen molar-refractivity contribution in [1.82, 2.24) is 39.5 Å². The number of amides is 2. The van der Waals surface area contributed by atoms with E-state index in [4.69, 9.17) is 28.4 Å². The SMILES string of the molecule is C.C.C.C#CC#CC#CC#CC#CC#CC#CC#CC.CC.CN1CCN2c3ccc(N)cc3C(=O)CC2C1.CN1CCN2c3ccc(Nc4ncc(C(N)=O)c(NC5CC5)n4)cc3OCC2C1.CS(=O)c1ncc(C(N)=O)c(NC2CC2)n1.Cc1ccc2c(c1)C(=O)CC1CN(C)CCN21.Cc1ccc2c(c1)C(=O)CC1CN(Cc3ccccc3)CCN21. The topological polar surface area (TPSA) is 303 Å². The molecule has 5 unspecified atom stereocenters. The lowest BCUT2D eigenvalue weighted by molar-refractivity contribution is 0.0936. The van der Waals surface area contributed by atoms with Crippen molar-refractivity contribution in [3.63, 3.8) is 0 Å². The number of aryl methyl sites for hydroxylation is 2. The second-order valence-corrected chi connectivity index (χ2v) is 31.9. The third-order valence-electron chi connectivity index (χ3n) is 21.4. The van der Waals surface area contributed by atoms with Crippen LogP contribution in [0.1, 0.15) is 156 Å². The van der Waals surface area contributed by atoms with Crippen LogP contribution in [0.15, 0.2) is 121 Å². The van der Waals surface area contributed by atoms with Gasteiger partial charge in [0.15, 0.2) is 17.3 Å². The molecule has 9 N–H and O–H groups in total. The third kappa shape index (κ3) is 26.7. The van der Waals surface area contributed by atoms with E-state index in [0.29, 0.717) is 103 Å². The Kier molecular flexibility index (Phi) is 36.3. The number of nitrogens with two attached hydrogens (primary N) is 3. The largest absolute Gasteiger partial charge is 0.489 e. The lowest BCUT2D eigenvalue weighted by Gasteiger charge is -2.45. The monoisotopic (exact) mass is 1690 g/mol. The Hall–Kier alpha value is -13.1. The second kappa shape index (κ2) is 46.8. The van der Waals surface area contributed by atoms with Crippen LogP contribution in [-0.2, 0) is 17.3 Å². The highest BCUT2D eigenvalue weighted by Crippen LogP contribution is 2.40. The maximum atomic E-state index is 12.5. The summed E-state index contributed by atoms with van der Waals surface area (Å²) < 4.78 is 17.3. The lowest BCUT2D eigenvalue weighted by Crippen LogP contribution is -2.56. The van der Waals surface area contributed by atoms with Crippen LogP contribution in [0.25, 0.3) is 0 Å². The number of anilines is 9. The van der Waals surface area contributed by atoms with Gasteiger partial charge in [-0.15, -0.1) is 6.42 Å². The van der Waals surface area contributed by atoms with Gasteiger partial charge in [-0.25, -0.2) is 15.0 Å². The Balaban J connectivity index is 0.000000186. The van der Waals surface area contributed by atoms with E-state index in [1.807, 2.05) is 63.2 Å². The summed E-state index contributed by atoms with van der Waals surface area (Å²) in [5.41, 5.74) is 29.2. The summed E-state index contributed by atoms with van der Waals surface area (Å²) in [4.78, 5) is 95.2. The molecule has 10 aliphatic rings. The first kappa shape index (κ1) is 96.3. The number of aromatic nitrogens is 4. The van der Waals surface area contributed by atoms with Gasteiger partial charge in [-0.05, 0) is 211 Å². The number of hydrogen-bond acceptors (Lipinski definition) is 23. The van der Waals surface area contributed by atoms with Crippen LogP contribution in [-0.4, -0.2) is 222 Å². The van der Waals surface area contributed by atoms with Gasteiger partial charge in [0.05, 0.1) is 33.7 Å². The molecule has 25 nitrogen and oxygen atoms in total. The van der Waals surface area contributed by atoms with Crippen molar-refractivity contribution in [1.29, 1.82) is 0 Å². The van der Waals surface area contributed by atoms with Crippen LogP contribution in [0.3, 0.4) is 0 Å². The summed E-state index contributed by atoms with van der Waals surface area (Å²) >= 11 is 0. The van der Waals surface area contributed by atoms with E-state index in [1.54, 1.807) is 6.92 Å². The molecule has 646 valence electrons. The number of rotatable bonds is 11. The van der Waals surface area contributed by atoms with Crippen LogP contribution in [0.4, 0.5) is 51.7 Å².